The van der Waals surface area contributed by atoms with Crippen LogP contribution in [-0.2, 0) is 16.1 Å². The normalized spacial score (nSPS) is 15.2. The third-order valence-electron chi connectivity index (χ3n) is 6.42. The summed E-state index contributed by atoms with van der Waals surface area (Å²) >= 11 is 1.31. The number of hydrogen-bond acceptors (Lipinski definition) is 7. The van der Waals surface area contributed by atoms with Gasteiger partial charge >= 0.3 is 5.97 Å². The third kappa shape index (κ3) is 6.34. The van der Waals surface area contributed by atoms with E-state index in [0.717, 1.165) is 11.1 Å². The zero-order valence-electron chi connectivity index (χ0n) is 23.0. The zero-order chi connectivity index (χ0) is 28.1. The lowest BCUT2D eigenvalue weighted by Gasteiger charge is -2.15. The standard InChI is InChI=1S/C31H32N2O5S/c1-7-33-29(34)28(39-31(33)32-24-11-9-23(10-12-24)30(35)37-6)17-22-8-13-26(27(16-22)36-5)38-18-25-20(3)14-19(2)15-21(25)4/h8-17H,7,18H2,1-6H3/b28-17+,32-31?. The van der Waals surface area contributed by atoms with Crippen LogP contribution in [-0.4, -0.2) is 42.7 Å². The molecule has 0 radical (unpaired) electrons. The van der Waals surface area contributed by atoms with Crippen LogP contribution in [0.4, 0.5) is 5.69 Å². The largest absolute Gasteiger partial charge is 0.493 e. The molecule has 3 aromatic carbocycles. The average Bonchev–Trinajstić information content (AvgIpc) is 3.21. The number of carbonyl (C=O) groups excluding carboxylic acids is 2. The van der Waals surface area contributed by atoms with Crippen LogP contribution in [0.5, 0.6) is 11.5 Å². The van der Waals surface area contributed by atoms with E-state index < -0.39 is 5.97 Å². The summed E-state index contributed by atoms with van der Waals surface area (Å²) in [6.45, 7) is 9.10. The number of thioether (sulfide) groups is 1. The average molecular weight is 545 g/mol. The van der Waals surface area contributed by atoms with Crippen molar-refractivity contribution < 1.29 is 23.8 Å². The topological polar surface area (TPSA) is 77.4 Å². The van der Waals surface area contributed by atoms with Gasteiger partial charge in [-0.15, -0.1) is 0 Å². The van der Waals surface area contributed by atoms with Crippen LogP contribution in [0, 0.1) is 20.8 Å². The highest BCUT2D eigenvalue weighted by Crippen LogP contribution is 2.36. The van der Waals surface area contributed by atoms with Crippen molar-refractivity contribution in [3.63, 3.8) is 0 Å². The lowest BCUT2D eigenvalue weighted by molar-refractivity contribution is -0.122. The molecule has 1 aliphatic heterocycles. The van der Waals surface area contributed by atoms with E-state index in [4.69, 9.17) is 14.2 Å². The Balaban J connectivity index is 1.54. The fourth-order valence-corrected chi connectivity index (χ4v) is 5.47. The van der Waals surface area contributed by atoms with Gasteiger partial charge in [-0.2, -0.15) is 0 Å². The van der Waals surface area contributed by atoms with Crippen molar-refractivity contribution in [1.29, 1.82) is 0 Å². The van der Waals surface area contributed by atoms with Gasteiger partial charge in [-0.05, 0) is 104 Å². The molecule has 0 aliphatic carbocycles. The second-order valence-electron chi connectivity index (χ2n) is 9.17. The molecule has 1 amide bonds. The Hall–Kier alpha value is -4.04. The number of nitrogens with zero attached hydrogens (tertiary/aromatic N) is 2. The first-order valence-corrected chi connectivity index (χ1v) is 13.4. The lowest BCUT2D eigenvalue weighted by Crippen LogP contribution is -2.28. The van der Waals surface area contributed by atoms with Crippen LogP contribution in [0.3, 0.4) is 0 Å². The molecule has 1 fully saturated rings. The van der Waals surface area contributed by atoms with E-state index in [9.17, 15) is 9.59 Å². The summed E-state index contributed by atoms with van der Waals surface area (Å²) in [5, 5.41) is 0.579. The van der Waals surface area contributed by atoms with Gasteiger partial charge < -0.3 is 14.2 Å². The summed E-state index contributed by atoms with van der Waals surface area (Å²) in [5.74, 6) is 0.704. The van der Waals surface area contributed by atoms with E-state index in [1.165, 1.54) is 35.6 Å². The van der Waals surface area contributed by atoms with E-state index in [0.29, 0.717) is 46.0 Å². The second kappa shape index (κ2) is 12.2. The van der Waals surface area contributed by atoms with E-state index in [1.807, 2.05) is 31.2 Å². The summed E-state index contributed by atoms with van der Waals surface area (Å²) in [4.78, 5) is 31.7. The highest BCUT2D eigenvalue weighted by molar-refractivity contribution is 8.18. The molecule has 202 valence electrons. The van der Waals surface area contributed by atoms with E-state index in [1.54, 1.807) is 36.3 Å². The second-order valence-corrected chi connectivity index (χ2v) is 10.2. The number of rotatable bonds is 8. The van der Waals surface area contributed by atoms with Crippen LogP contribution in [0.2, 0.25) is 0 Å². The number of benzene rings is 3. The fraction of sp³-hybridized carbons (Fsp3) is 0.258. The number of amides is 1. The molecule has 0 saturated carbocycles. The van der Waals surface area contributed by atoms with E-state index in [-0.39, 0.29) is 5.91 Å². The SMILES string of the molecule is CCN1C(=O)/C(=C\c2ccc(OCc3c(C)cc(C)cc3C)c(OC)c2)SC1=Nc1ccc(C(=O)OC)cc1. The first kappa shape index (κ1) is 28.0. The van der Waals surface area contributed by atoms with E-state index in [2.05, 4.69) is 37.9 Å². The molecule has 39 heavy (non-hydrogen) atoms. The maximum Gasteiger partial charge on any atom is 0.337 e. The molecule has 0 unspecified atom stereocenters. The molecule has 8 heteroatoms. The number of amidine groups is 1. The maximum absolute atomic E-state index is 13.1. The summed E-state index contributed by atoms with van der Waals surface area (Å²) in [7, 11) is 2.94. The lowest BCUT2D eigenvalue weighted by atomic mass is 10.0. The summed E-state index contributed by atoms with van der Waals surface area (Å²) in [6.07, 6.45) is 1.83. The number of likely N-dealkylation sites (N-methyl/N-ethyl adjacent to an activating group) is 1. The molecule has 0 atom stereocenters. The Morgan fingerprint density at radius 3 is 2.28 bits per heavy atom. The molecule has 0 aromatic heterocycles. The number of aliphatic imine (C=N–C) groups is 1. The van der Waals surface area contributed by atoms with Gasteiger partial charge in [-0.3, -0.25) is 9.69 Å². The Bertz CT molecular complexity index is 1440. The van der Waals surface area contributed by atoms with Gasteiger partial charge in [0.05, 0.1) is 30.4 Å². The summed E-state index contributed by atoms with van der Waals surface area (Å²) < 4.78 is 16.5. The third-order valence-corrected chi connectivity index (χ3v) is 7.42. The minimum Gasteiger partial charge on any atom is -0.493 e. The summed E-state index contributed by atoms with van der Waals surface area (Å²) in [6, 6.07) is 16.7. The van der Waals surface area contributed by atoms with Crippen LogP contribution in [0.1, 0.15) is 45.1 Å². The molecule has 4 rings (SSSR count). The van der Waals surface area contributed by atoms with E-state index >= 15 is 0 Å². The predicted molar refractivity (Wildman–Crippen MR) is 156 cm³/mol. The molecule has 0 N–H and O–H groups in total. The summed E-state index contributed by atoms with van der Waals surface area (Å²) in [5.41, 5.74) is 6.68. The highest BCUT2D eigenvalue weighted by Gasteiger charge is 2.32. The minimum atomic E-state index is -0.410. The molecular weight excluding hydrogens is 512 g/mol. The number of carbonyl (C=O) groups is 2. The minimum absolute atomic E-state index is 0.114. The predicted octanol–water partition coefficient (Wildman–Crippen LogP) is 6.61. The van der Waals surface area contributed by atoms with Gasteiger partial charge in [-0.25, -0.2) is 9.79 Å². The number of methoxy groups -OCH3 is 2. The van der Waals surface area contributed by atoms with Gasteiger partial charge in [0.2, 0.25) is 0 Å². The quantitative estimate of drug-likeness (QED) is 0.235. The molecule has 3 aromatic rings. The van der Waals surface area contributed by atoms with Crippen LogP contribution >= 0.6 is 11.8 Å². The van der Waals surface area contributed by atoms with Crippen molar-refractivity contribution >= 4 is 40.6 Å². The van der Waals surface area contributed by atoms with Crippen molar-refractivity contribution in [2.75, 3.05) is 20.8 Å². The maximum atomic E-state index is 13.1. The van der Waals surface area contributed by atoms with Gasteiger partial charge in [0.15, 0.2) is 16.7 Å². The van der Waals surface area contributed by atoms with Crippen molar-refractivity contribution in [3.05, 3.63) is 92.9 Å². The molecule has 7 nitrogen and oxygen atoms in total. The van der Waals surface area contributed by atoms with Gasteiger partial charge in [-0.1, -0.05) is 23.8 Å². The number of esters is 1. The van der Waals surface area contributed by atoms with Crippen molar-refractivity contribution in [3.8, 4) is 11.5 Å². The number of ether oxygens (including phenoxy) is 3. The van der Waals surface area contributed by atoms with Crippen molar-refractivity contribution in [2.24, 2.45) is 4.99 Å². The Morgan fingerprint density at radius 1 is 0.974 bits per heavy atom. The number of aryl methyl sites for hydroxylation is 3. The Morgan fingerprint density at radius 2 is 1.67 bits per heavy atom. The first-order chi connectivity index (χ1) is 18.7. The fourth-order valence-electron chi connectivity index (χ4n) is 4.40. The molecule has 0 spiro atoms. The molecule has 0 bridgehead atoms. The van der Waals surface area contributed by atoms with Gasteiger partial charge in [0, 0.05) is 6.54 Å². The van der Waals surface area contributed by atoms with Gasteiger partial charge in [0.1, 0.15) is 6.61 Å². The smallest absolute Gasteiger partial charge is 0.337 e. The number of hydrogen-bond donors (Lipinski definition) is 0. The molecular formula is C31H32N2O5S. The van der Waals surface area contributed by atoms with Crippen LogP contribution in [0.15, 0.2) is 64.5 Å². The highest BCUT2D eigenvalue weighted by atomic mass is 32.2. The molecule has 1 heterocycles. The first-order valence-electron chi connectivity index (χ1n) is 12.6. The Kier molecular flexibility index (Phi) is 8.76. The van der Waals surface area contributed by atoms with Crippen LogP contribution < -0.4 is 9.47 Å². The monoisotopic (exact) mass is 544 g/mol. The van der Waals surface area contributed by atoms with Crippen molar-refractivity contribution in [2.45, 2.75) is 34.3 Å². The van der Waals surface area contributed by atoms with Gasteiger partial charge in [0.25, 0.3) is 5.91 Å². The van der Waals surface area contributed by atoms with Crippen molar-refractivity contribution in [1.82, 2.24) is 4.90 Å². The molecule has 1 saturated heterocycles. The van der Waals surface area contributed by atoms with Crippen LogP contribution in [0.25, 0.3) is 6.08 Å². The Labute approximate surface area is 233 Å². The zero-order valence-corrected chi connectivity index (χ0v) is 23.8. The molecule has 1 aliphatic rings.